The number of carbonyl (C=O) groups is 2. The molecule has 24 heavy (non-hydrogen) atoms. The van der Waals surface area contributed by atoms with Crippen LogP contribution in [0.2, 0.25) is 0 Å². The van der Waals surface area contributed by atoms with Gasteiger partial charge in [0, 0.05) is 34.9 Å². The van der Waals surface area contributed by atoms with Crippen LogP contribution < -0.4 is 5.32 Å². The van der Waals surface area contributed by atoms with E-state index in [-0.39, 0.29) is 23.4 Å². The molecule has 2 aromatic heterocycles. The molecule has 1 aliphatic rings. The highest BCUT2D eigenvalue weighted by Gasteiger charge is 2.36. The molecule has 122 valence electrons. The topological polar surface area (TPSA) is 113 Å². The Labute approximate surface area is 136 Å². The zero-order valence-electron chi connectivity index (χ0n) is 12.6. The predicted molar refractivity (Wildman–Crippen MR) is 85.7 cm³/mol. The van der Waals surface area contributed by atoms with Crippen molar-refractivity contribution in [1.29, 1.82) is 0 Å². The summed E-state index contributed by atoms with van der Waals surface area (Å²) in [5.41, 5.74) is 1.33. The first kappa shape index (κ1) is 14.4. The lowest BCUT2D eigenvalue weighted by Crippen LogP contribution is -2.36. The van der Waals surface area contributed by atoms with Crippen molar-refractivity contribution in [1.82, 2.24) is 20.0 Å². The molecule has 0 spiro atoms. The number of aromatic amines is 1. The molecular weight excluding hydrogens is 310 g/mol. The summed E-state index contributed by atoms with van der Waals surface area (Å²) >= 11 is 0. The second-order valence-electron chi connectivity index (χ2n) is 5.96. The summed E-state index contributed by atoms with van der Waals surface area (Å²) in [4.78, 5) is 26.7. The molecule has 1 fully saturated rings. The van der Waals surface area contributed by atoms with Crippen LogP contribution in [0.5, 0.6) is 0 Å². The molecule has 8 nitrogen and oxygen atoms in total. The van der Waals surface area contributed by atoms with Crippen molar-refractivity contribution in [3.8, 4) is 0 Å². The Kier molecular flexibility index (Phi) is 3.30. The average molecular weight is 325 g/mol. The van der Waals surface area contributed by atoms with Crippen LogP contribution in [0.25, 0.3) is 10.9 Å². The standard InChI is InChI=1S/C16H15N5O3/c22-15(9-5-11(6-9)21-4-3-18-20-21)19-10-7-13(16(23)24)12-1-2-17-14(12)8-10/h1-4,7-9,11,17H,5-6H2,(H,19,22)(H,23,24). The van der Waals surface area contributed by atoms with Crippen molar-refractivity contribution in [3.05, 3.63) is 42.4 Å². The number of fused-ring (bicyclic) bond motifs is 1. The third-order valence-electron chi connectivity index (χ3n) is 4.47. The minimum atomic E-state index is -1.02. The number of benzene rings is 1. The van der Waals surface area contributed by atoms with Crippen molar-refractivity contribution in [2.24, 2.45) is 5.92 Å². The Morgan fingerprint density at radius 3 is 2.88 bits per heavy atom. The number of hydrogen-bond acceptors (Lipinski definition) is 4. The third-order valence-corrected chi connectivity index (χ3v) is 4.47. The van der Waals surface area contributed by atoms with E-state index >= 15 is 0 Å². The Balaban J connectivity index is 1.48. The maximum atomic E-state index is 12.4. The first-order valence-corrected chi connectivity index (χ1v) is 7.63. The Morgan fingerprint density at radius 2 is 2.17 bits per heavy atom. The van der Waals surface area contributed by atoms with Gasteiger partial charge in [0.15, 0.2) is 0 Å². The van der Waals surface area contributed by atoms with Gasteiger partial charge in [0.05, 0.1) is 17.8 Å². The van der Waals surface area contributed by atoms with E-state index in [4.69, 9.17) is 0 Å². The zero-order chi connectivity index (χ0) is 16.7. The van der Waals surface area contributed by atoms with Crippen LogP contribution in [0.1, 0.15) is 29.2 Å². The van der Waals surface area contributed by atoms with Crippen LogP contribution in [0.4, 0.5) is 5.69 Å². The zero-order valence-corrected chi connectivity index (χ0v) is 12.6. The van der Waals surface area contributed by atoms with Crippen molar-refractivity contribution in [2.45, 2.75) is 18.9 Å². The molecule has 1 amide bonds. The molecule has 8 heteroatoms. The van der Waals surface area contributed by atoms with E-state index in [1.165, 1.54) is 6.07 Å². The molecule has 0 atom stereocenters. The van der Waals surface area contributed by atoms with Crippen LogP contribution in [0, 0.1) is 5.92 Å². The van der Waals surface area contributed by atoms with E-state index in [0.29, 0.717) is 29.4 Å². The molecular formula is C16H15N5O3. The number of rotatable bonds is 4. The second kappa shape index (κ2) is 5.48. The number of carboxylic acid groups (broad SMARTS) is 1. The summed E-state index contributed by atoms with van der Waals surface area (Å²) in [6.45, 7) is 0. The molecule has 0 bridgehead atoms. The largest absolute Gasteiger partial charge is 0.478 e. The average Bonchev–Trinajstić information content (AvgIpc) is 3.15. The molecule has 1 saturated carbocycles. The maximum Gasteiger partial charge on any atom is 0.336 e. The minimum Gasteiger partial charge on any atom is -0.478 e. The van der Waals surface area contributed by atoms with E-state index in [1.807, 2.05) is 0 Å². The minimum absolute atomic E-state index is 0.103. The van der Waals surface area contributed by atoms with E-state index in [0.717, 1.165) is 0 Å². The van der Waals surface area contributed by atoms with Gasteiger partial charge in [-0.3, -0.25) is 4.79 Å². The number of carboxylic acids is 1. The molecule has 3 N–H and O–H groups in total. The number of carbonyl (C=O) groups excluding carboxylic acids is 1. The molecule has 0 unspecified atom stereocenters. The summed E-state index contributed by atoms with van der Waals surface area (Å²) in [6.07, 6.45) is 6.48. The lowest BCUT2D eigenvalue weighted by Gasteiger charge is -2.33. The number of aromatic nitrogens is 4. The molecule has 2 heterocycles. The number of aromatic carboxylic acids is 1. The second-order valence-corrected chi connectivity index (χ2v) is 5.96. The Bertz CT molecular complexity index is 909. The number of amides is 1. The van der Waals surface area contributed by atoms with E-state index < -0.39 is 5.97 Å². The third kappa shape index (κ3) is 2.41. The lowest BCUT2D eigenvalue weighted by atomic mass is 9.79. The monoisotopic (exact) mass is 325 g/mol. The van der Waals surface area contributed by atoms with Gasteiger partial charge >= 0.3 is 5.97 Å². The van der Waals surface area contributed by atoms with Gasteiger partial charge in [-0.25, -0.2) is 9.48 Å². The molecule has 0 radical (unpaired) electrons. The first-order chi connectivity index (χ1) is 11.6. The van der Waals surface area contributed by atoms with Crippen molar-refractivity contribution in [2.75, 3.05) is 5.32 Å². The fraction of sp³-hybridized carbons (Fsp3) is 0.250. The summed E-state index contributed by atoms with van der Waals surface area (Å²) in [5.74, 6) is -1.23. The summed E-state index contributed by atoms with van der Waals surface area (Å²) < 4.78 is 1.76. The maximum absolute atomic E-state index is 12.4. The molecule has 4 rings (SSSR count). The van der Waals surface area contributed by atoms with Gasteiger partial charge in [0.1, 0.15) is 0 Å². The molecule has 0 aliphatic heterocycles. The smallest absolute Gasteiger partial charge is 0.336 e. The molecule has 0 saturated heterocycles. The van der Waals surface area contributed by atoms with E-state index in [9.17, 15) is 14.7 Å². The molecule has 3 aromatic rings. The lowest BCUT2D eigenvalue weighted by molar-refractivity contribution is -0.123. The van der Waals surface area contributed by atoms with Crippen molar-refractivity contribution in [3.63, 3.8) is 0 Å². The highest BCUT2D eigenvalue weighted by Crippen LogP contribution is 2.38. The van der Waals surface area contributed by atoms with Gasteiger partial charge in [-0.1, -0.05) is 5.21 Å². The van der Waals surface area contributed by atoms with Gasteiger partial charge < -0.3 is 15.4 Å². The van der Waals surface area contributed by atoms with Crippen molar-refractivity contribution >= 4 is 28.5 Å². The van der Waals surface area contributed by atoms with Gasteiger partial charge in [0.2, 0.25) is 5.91 Å². The number of nitrogens with one attached hydrogen (secondary N) is 2. The van der Waals surface area contributed by atoms with Gasteiger partial charge in [0.25, 0.3) is 0 Å². The summed E-state index contributed by atoms with van der Waals surface area (Å²) in [6, 6.07) is 5.14. The highest BCUT2D eigenvalue weighted by atomic mass is 16.4. The van der Waals surface area contributed by atoms with Crippen molar-refractivity contribution < 1.29 is 14.7 Å². The fourth-order valence-electron chi connectivity index (χ4n) is 3.09. The van der Waals surface area contributed by atoms with Crippen LogP contribution in [0.15, 0.2) is 36.8 Å². The van der Waals surface area contributed by atoms with E-state index in [1.54, 1.807) is 35.4 Å². The normalized spacial score (nSPS) is 19.8. The van der Waals surface area contributed by atoms with Crippen LogP contribution in [-0.4, -0.2) is 37.0 Å². The molecule has 1 aromatic carbocycles. The predicted octanol–water partition coefficient (Wildman–Crippen LogP) is 2.05. The Morgan fingerprint density at radius 1 is 1.33 bits per heavy atom. The summed E-state index contributed by atoms with van der Waals surface area (Å²) in [5, 5.41) is 20.5. The number of nitrogens with zero attached hydrogens (tertiary/aromatic N) is 3. The van der Waals surface area contributed by atoms with Gasteiger partial charge in [-0.15, -0.1) is 5.10 Å². The van der Waals surface area contributed by atoms with Crippen LogP contribution >= 0.6 is 0 Å². The van der Waals surface area contributed by atoms with Gasteiger partial charge in [-0.05, 0) is 31.0 Å². The number of hydrogen-bond donors (Lipinski definition) is 3. The quantitative estimate of drug-likeness (QED) is 0.679. The number of anilines is 1. The number of H-pyrrole nitrogens is 1. The van der Waals surface area contributed by atoms with Crippen LogP contribution in [-0.2, 0) is 4.79 Å². The fourth-order valence-corrected chi connectivity index (χ4v) is 3.09. The Hall–Kier alpha value is -3.16. The van der Waals surface area contributed by atoms with E-state index in [2.05, 4.69) is 20.6 Å². The highest BCUT2D eigenvalue weighted by molar-refractivity contribution is 6.06. The first-order valence-electron chi connectivity index (χ1n) is 7.63. The SMILES string of the molecule is O=C(O)c1cc(NC(=O)C2CC(n3ccnn3)C2)cc2[nH]ccc12. The van der Waals surface area contributed by atoms with Gasteiger partial charge in [-0.2, -0.15) is 0 Å². The van der Waals surface area contributed by atoms with Crippen LogP contribution in [0.3, 0.4) is 0 Å². The summed E-state index contributed by atoms with van der Waals surface area (Å²) in [7, 11) is 0. The molecule has 1 aliphatic carbocycles.